The lowest BCUT2D eigenvalue weighted by Crippen LogP contribution is -2.49. The quantitative estimate of drug-likeness (QED) is 0.505. The summed E-state index contributed by atoms with van der Waals surface area (Å²) in [5.74, 6) is 0.807. The molecule has 0 saturated carbocycles. The lowest BCUT2D eigenvalue weighted by molar-refractivity contribution is -0.130. The molecule has 0 aliphatic carbocycles. The molecule has 2 rings (SSSR count). The summed E-state index contributed by atoms with van der Waals surface area (Å²) in [5, 5.41) is 6.81. The van der Waals surface area contributed by atoms with E-state index in [1.807, 2.05) is 30.0 Å². The summed E-state index contributed by atoms with van der Waals surface area (Å²) in [7, 11) is 0. The van der Waals surface area contributed by atoms with E-state index >= 15 is 0 Å². The highest BCUT2D eigenvalue weighted by Gasteiger charge is 2.19. The van der Waals surface area contributed by atoms with Crippen molar-refractivity contribution < 1.29 is 4.79 Å². The minimum Gasteiger partial charge on any atom is -0.357 e. The number of guanidine groups is 1. The molecule has 0 unspecified atom stereocenters. The number of hydrogen-bond acceptors (Lipinski definition) is 3. The first-order valence-corrected chi connectivity index (χ1v) is 10.7. The average Bonchev–Trinajstić information content (AvgIpc) is 2.72. The Hall–Kier alpha value is -2.08. The number of nitrogens with one attached hydrogen (secondary N) is 2. The minimum absolute atomic E-state index is 0.0568. The van der Waals surface area contributed by atoms with E-state index in [0.29, 0.717) is 19.1 Å². The van der Waals surface area contributed by atoms with Crippen molar-refractivity contribution in [3.63, 3.8) is 0 Å². The van der Waals surface area contributed by atoms with Crippen LogP contribution >= 0.6 is 0 Å². The molecule has 1 saturated heterocycles. The van der Waals surface area contributed by atoms with Gasteiger partial charge >= 0.3 is 0 Å². The Balaban J connectivity index is 1.87. The van der Waals surface area contributed by atoms with Gasteiger partial charge in [0.15, 0.2) is 5.96 Å². The van der Waals surface area contributed by atoms with Gasteiger partial charge in [-0.25, -0.2) is 4.99 Å². The van der Waals surface area contributed by atoms with Gasteiger partial charge in [-0.1, -0.05) is 37.3 Å². The van der Waals surface area contributed by atoms with Gasteiger partial charge in [0.05, 0.1) is 0 Å². The Labute approximate surface area is 170 Å². The maximum absolute atomic E-state index is 12.7. The smallest absolute Gasteiger partial charge is 0.244 e. The zero-order valence-corrected chi connectivity index (χ0v) is 17.8. The van der Waals surface area contributed by atoms with Crippen LogP contribution in [0, 0.1) is 0 Å². The van der Waals surface area contributed by atoms with Gasteiger partial charge in [0.2, 0.25) is 5.91 Å². The van der Waals surface area contributed by atoms with Gasteiger partial charge < -0.3 is 20.4 Å². The first-order valence-electron chi connectivity index (χ1n) is 10.7. The van der Waals surface area contributed by atoms with Crippen molar-refractivity contribution in [2.75, 3.05) is 39.3 Å². The number of piperidine rings is 1. The molecule has 1 heterocycles. The summed E-state index contributed by atoms with van der Waals surface area (Å²) >= 11 is 0. The number of carbonyl (C=O) groups is 1. The number of carbonyl (C=O) groups excluding carboxylic acids is 1. The molecule has 1 fully saturated rings. The molecule has 6 nitrogen and oxygen atoms in total. The third kappa shape index (κ3) is 7.50. The van der Waals surface area contributed by atoms with E-state index in [0.717, 1.165) is 44.0 Å². The Morgan fingerprint density at radius 2 is 1.89 bits per heavy atom. The van der Waals surface area contributed by atoms with Crippen molar-refractivity contribution >= 4 is 11.9 Å². The van der Waals surface area contributed by atoms with Crippen LogP contribution in [0.3, 0.4) is 0 Å². The van der Waals surface area contributed by atoms with E-state index in [9.17, 15) is 4.79 Å². The van der Waals surface area contributed by atoms with Crippen molar-refractivity contribution in [3.05, 3.63) is 35.9 Å². The molecule has 1 aliphatic rings. The molecule has 0 spiro atoms. The highest BCUT2D eigenvalue weighted by atomic mass is 16.2. The Kier molecular flexibility index (Phi) is 9.83. The summed E-state index contributed by atoms with van der Waals surface area (Å²) < 4.78 is 0. The largest absolute Gasteiger partial charge is 0.357 e. The molecule has 0 aromatic heterocycles. The predicted molar refractivity (Wildman–Crippen MR) is 116 cm³/mol. The van der Waals surface area contributed by atoms with Crippen molar-refractivity contribution in [1.82, 2.24) is 20.4 Å². The SMILES string of the molecule is CCCN1CCC(NC(=NCC(=O)N(CC)Cc2ccccc2)NCC)CC1. The van der Waals surface area contributed by atoms with Crippen LogP contribution in [0.5, 0.6) is 0 Å². The van der Waals surface area contributed by atoms with Crippen molar-refractivity contribution in [1.29, 1.82) is 0 Å². The molecule has 0 radical (unpaired) electrons. The number of likely N-dealkylation sites (tertiary alicyclic amines) is 1. The third-order valence-corrected chi connectivity index (χ3v) is 5.14. The maximum atomic E-state index is 12.7. The highest BCUT2D eigenvalue weighted by molar-refractivity contribution is 5.85. The second-order valence-corrected chi connectivity index (χ2v) is 7.35. The van der Waals surface area contributed by atoms with Crippen LogP contribution in [0.15, 0.2) is 35.3 Å². The molecule has 28 heavy (non-hydrogen) atoms. The molecule has 0 bridgehead atoms. The summed E-state index contributed by atoms with van der Waals surface area (Å²) in [4.78, 5) is 21.6. The Morgan fingerprint density at radius 1 is 1.18 bits per heavy atom. The van der Waals surface area contributed by atoms with Crippen LogP contribution in [-0.4, -0.2) is 67.0 Å². The minimum atomic E-state index is 0.0568. The highest BCUT2D eigenvalue weighted by Crippen LogP contribution is 2.10. The van der Waals surface area contributed by atoms with Crippen LogP contribution in [0.2, 0.25) is 0 Å². The Bertz CT molecular complexity index is 596. The number of hydrogen-bond donors (Lipinski definition) is 2. The van der Waals surface area contributed by atoms with Gasteiger partial charge in [-0.05, 0) is 45.2 Å². The molecule has 2 N–H and O–H groups in total. The standard InChI is InChI=1S/C22H37N5O/c1-4-14-26-15-12-20(13-16-26)25-22(23-5-2)24-17-21(28)27(6-3)18-19-10-8-7-9-11-19/h7-11,20H,4-6,12-18H2,1-3H3,(H2,23,24,25). The molecule has 6 heteroatoms. The van der Waals surface area contributed by atoms with E-state index < -0.39 is 0 Å². The van der Waals surface area contributed by atoms with E-state index in [-0.39, 0.29) is 12.5 Å². The first-order chi connectivity index (χ1) is 13.7. The zero-order chi connectivity index (χ0) is 20.2. The maximum Gasteiger partial charge on any atom is 0.244 e. The number of benzene rings is 1. The second kappa shape index (κ2) is 12.4. The molecule has 0 atom stereocenters. The van der Waals surface area contributed by atoms with Gasteiger partial charge in [-0.15, -0.1) is 0 Å². The van der Waals surface area contributed by atoms with E-state index in [4.69, 9.17) is 0 Å². The summed E-state index contributed by atoms with van der Waals surface area (Å²) in [6.45, 7) is 12.0. The number of likely N-dealkylation sites (N-methyl/N-ethyl adjacent to an activating group) is 1. The fourth-order valence-corrected chi connectivity index (χ4v) is 3.56. The summed E-state index contributed by atoms with van der Waals surface area (Å²) in [6, 6.07) is 10.5. The summed E-state index contributed by atoms with van der Waals surface area (Å²) in [6.07, 6.45) is 3.45. The number of aliphatic imine (C=N–C) groups is 1. The average molecular weight is 388 g/mol. The fourth-order valence-electron chi connectivity index (χ4n) is 3.56. The molecule has 1 aliphatic heterocycles. The molecule has 156 valence electrons. The van der Waals surface area contributed by atoms with Crippen LogP contribution < -0.4 is 10.6 Å². The van der Waals surface area contributed by atoms with Gasteiger partial charge in [0.25, 0.3) is 0 Å². The topological polar surface area (TPSA) is 60.0 Å². The normalized spacial score (nSPS) is 16.0. The molecule has 1 aromatic carbocycles. The fraction of sp³-hybridized carbons (Fsp3) is 0.636. The van der Waals surface area contributed by atoms with E-state index in [2.05, 4.69) is 46.5 Å². The Morgan fingerprint density at radius 3 is 2.50 bits per heavy atom. The van der Waals surface area contributed by atoms with Crippen molar-refractivity contribution in [2.24, 2.45) is 4.99 Å². The van der Waals surface area contributed by atoms with Gasteiger partial charge in [-0.3, -0.25) is 4.79 Å². The second-order valence-electron chi connectivity index (χ2n) is 7.35. The molecule has 1 amide bonds. The number of rotatable bonds is 9. The molecular formula is C22H37N5O. The van der Waals surface area contributed by atoms with Crippen LogP contribution in [0.4, 0.5) is 0 Å². The molecule has 1 aromatic rings. The number of nitrogens with zero attached hydrogens (tertiary/aromatic N) is 3. The predicted octanol–water partition coefficient (Wildman–Crippen LogP) is 2.46. The van der Waals surface area contributed by atoms with Gasteiger partial charge in [0.1, 0.15) is 6.54 Å². The first kappa shape index (κ1) is 22.2. The van der Waals surface area contributed by atoms with Crippen molar-refractivity contribution in [3.8, 4) is 0 Å². The van der Waals surface area contributed by atoms with Crippen LogP contribution in [-0.2, 0) is 11.3 Å². The monoisotopic (exact) mass is 387 g/mol. The lowest BCUT2D eigenvalue weighted by atomic mass is 10.1. The number of amides is 1. The van der Waals surface area contributed by atoms with Gasteiger partial charge in [0, 0.05) is 38.8 Å². The van der Waals surface area contributed by atoms with Crippen molar-refractivity contribution in [2.45, 2.75) is 52.6 Å². The molecular weight excluding hydrogens is 350 g/mol. The lowest BCUT2D eigenvalue weighted by Gasteiger charge is -2.32. The zero-order valence-electron chi connectivity index (χ0n) is 17.8. The van der Waals surface area contributed by atoms with Crippen LogP contribution in [0.25, 0.3) is 0 Å². The van der Waals surface area contributed by atoms with Gasteiger partial charge in [-0.2, -0.15) is 0 Å². The summed E-state index contributed by atoms with van der Waals surface area (Å²) in [5.41, 5.74) is 1.14. The van der Waals surface area contributed by atoms with Crippen LogP contribution in [0.1, 0.15) is 45.6 Å². The van der Waals surface area contributed by atoms with E-state index in [1.54, 1.807) is 0 Å². The third-order valence-electron chi connectivity index (χ3n) is 5.14. The van der Waals surface area contributed by atoms with E-state index in [1.165, 1.54) is 13.0 Å².